The molecule has 118 valence electrons. The van der Waals surface area contributed by atoms with E-state index in [0.717, 1.165) is 5.56 Å². The maximum absolute atomic E-state index is 11.5. The van der Waals surface area contributed by atoms with E-state index < -0.39 is 0 Å². The van der Waals surface area contributed by atoms with Crippen LogP contribution in [0.15, 0.2) is 18.2 Å². The van der Waals surface area contributed by atoms with Crippen molar-refractivity contribution in [2.24, 2.45) is 5.73 Å². The van der Waals surface area contributed by atoms with E-state index in [4.69, 9.17) is 15.2 Å². The Labute approximate surface area is 126 Å². The lowest BCUT2D eigenvalue weighted by Gasteiger charge is -2.17. The van der Waals surface area contributed by atoms with Gasteiger partial charge in [0, 0.05) is 12.6 Å². The van der Waals surface area contributed by atoms with Gasteiger partial charge < -0.3 is 20.5 Å². The topological polar surface area (TPSA) is 73.6 Å². The van der Waals surface area contributed by atoms with E-state index in [1.807, 2.05) is 39.0 Å². The number of amides is 1. The van der Waals surface area contributed by atoms with Gasteiger partial charge >= 0.3 is 0 Å². The molecule has 1 aromatic rings. The largest absolute Gasteiger partial charge is 0.490 e. The zero-order valence-corrected chi connectivity index (χ0v) is 13.1. The Morgan fingerprint density at radius 3 is 2.71 bits per heavy atom. The lowest BCUT2D eigenvalue weighted by atomic mass is 10.1. The molecule has 3 N–H and O–H groups in total. The van der Waals surface area contributed by atoms with Gasteiger partial charge in [0.2, 0.25) is 5.91 Å². The van der Waals surface area contributed by atoms with Crippen LogP contribution in [0.1, 0.15) is 32.8 Å². The Morgan fingerprint density at radius 1 is 1.33 bits per heavy atom. The fraction of sp³-hybridized carbons (Fsp3) is 0.562. The molecule has 0 aliphatic rings. The highest BCUT2D eigenvalue weighted by Gasteiger charge is 2.13. The Kier molecular flexibility index (Phi) is 7.61. The molecule has 1 unspecified atom stereocenters. The number of hydrogen-bond acceptors (Lipinski definition) is 4. The summed E-state index contributed by atoms with van der Waals surface area (Å²) in [5.74, 6) is 1.38. The van der Waals surface area contributed by atoms with E-state index in [0.29, 0.717) is 44.1 Å². The zero-order chi connectivity index (χ0) is 15.7. The summed E-state index contributed by atoms with van der Waals surface area (Å²) in [4.78, 5) is 11.5. The third kappa shape index (κ3) is 6.04. The van der Waals surface area contributed by atoms with E-state index in [1.54, 1.807) is 0 Å². The van der Waals surface area contributed by atoms with Crippen molar-refractivity contribution in [3.8, 4) is 11.5 Å². The number of carbonyl (C=O) groups excluding carboxylic acids is 1. The van der Waals surface area contributed by atoms with Gasteiger partial charge in [-0.1, -0.05) is 12.1 Å². The van der Waals surface area contributed by atoms with Crippen LogP contribution >= 0.6 is 0 Å². The molecule has 0 aliphatic heterocycles. The molecule has 5 heteroatoms. The van der Waals surface area contributed by atoms with Crippen LogP contribution in [0.5, 0.6) is 11.5 Å². The van der Waals surface area contributed by atoms with Crippen molar-refractivity contribution in [1.82, 2.24) is 5.32 Å². The van der Waals surface area contributed by atoms with Gasteiger partial charge in [-0.15, -0.1) is 0 Å². The summed E-state index contributed by atoms with van der Waals surface area (Å²) >= 11 is 0. The number of hydrogen-bond donors (Lipinski definition) is 2. The average Bonchev–Trinajstić information content (AvgIpc) is 2.41. The predicted molar refractivity (Wildman–Crippen MR) is 83.8 cm³/mol. The number of benzene rings is 1. The van der Waals surface area contributed by atoms with E-state index in [9.17, 15) is 4.79 Å². The van der Waals surface area contributed by atoms with Crippen LogP contribution in [0.3, 0.4) is 0 Å². The molecule has 0 bridgehead atoms. The van der Waals surface area contributed by atoms with Crippen molar-refractivity contribution in [3.63, 3.8) is 0 Å². The molecule has 0 radical (unpaired) electrons. The summed E-state index contributed by atoms with van der Waals surface area (Å²) in [6.07, 6.45) is 1.03. The van der Waals surface area contributed by atoms with E-state index in [1.165, 1.54) is 0 Å². The molecule has 1 aromatic carbocycles. The van der Waals surface area contributed by atoms with Crippen LogP contribution < -0.4 is 20.5 Å². The number of nitrogens with one attached hydrogen (secondary N) is 1. The lowest BCUT2D eigenvalue weighted by Crippen LogP contribution is -2.24. The molecule has 1 atom stereocenters. The number of rotatable bonds is 9. The second-order valence-corrected chi connectivity index (χ2v) is 4.91. The molecule has 0 aliphatic carbocycles. The van der Waals surface area contributed by atoms with Gasteiger partial charge in [-0.05, 0) is 38.8 Å². The third-order valence-corrected chi connectivity index (χ3v) is 2.85. The van der Waals surface area contributed by atoms with E-state index >= 15 is 0 Å². The molecule has 0 saturated heterocycles. The molecule has 0 spiro atoms. The SMILES string of the molecule is CCNC(=O)CCOc1c(CC(C)N)cccc1OCC. The first-order valence-electron chi connectivity index (χ1n) is 7.48. The summed E-state index contributed by atoms with van der Waals surface area (Å²) in [6.45, 7) is 7.28. The lowest BCUT2D eigenvalue weighted by molar-refractivity contribution is -0.121. The number of carbonyl (C=O) groups is 1. The minimum Gasteiger partial charge on any atom is -0.490 e. The first-order valence-corrected chi connectivity index (χ1v) is 7.48. The fourth-order valence-electron chi connectivity index (χ4n) is 2.03. The van der Waals surface area contributed by atoms with E-state index in [2.05, 4.69) is 5.32 Å². The minimum atomic E-state index is -0.0138. The number of para-hydroxylation sites is 1. The van der Waals surface area contributed by atoms with Gasteiger partial charge in [0.1, 0.15) is 0 Å². The maximum atomic E-state index is 11.5. The smallest absolute Gasteiger partial charge is 0.223 e. The normalized spacial score (nSPS) is 11.8. The first kappa shape index (κ1) is 17.3. The number of nitrogens with two attached hydrogens (primary N) is 1. The van der Waals surface area contributed by atoms with E-state index in [-0.39, 0.29) is 11.9 Å². The highest BCUT2D eigenvalue weighted by Crippen LogP contribution is 2.32. The van der Waals surface area contributed by atoms with Gasteiger partial charge in [0.15, 0.2) is 11.5 Å². The Balaban J connectivity index is 2.77. The van der Waals surface area contributed by atoms with Gasteiger partial charge in [-0.2, -0.15) is 0 Å². The molecule has 0 fully saturated rings. The molecule has 0 saturated carbocycles. The van der Waals surface area contributed by atoms with Crippen molar-refractivity contribution in [3.05, 3.63) is 23.8 Å². The second-order valence-electron chi connectivity index (χ2n) is 4.91. The summed E-state index contributed by atoms with van der Waals surface area (Å²) < 4.78 is 11.4. The Morgan fingerprint density at radius 2 is 2.10 bits per heavy atom. The van der Waals surface area contributed by atoms with Gasteiger partial charge in [0.25, 0.3) is 0 Å². The second kappa shape index (κ2) is 9.23. The molecule has 21 heavy (non-hydrogen) atoms. The molecular weight excluding hydrogens is 268 g/mol. The van der Waals surface area contributed by atoms with Crippen LogP contribution in [0, 0.1) is 0 Å². The minimum absolute atomic E-state index is 0.0138. The Hall–Kier alpha value is -1.75. The summed E-state index contributed by atoms with van der Waals surface area (Å²) in [7, 11) is 0. The highest BCUT2D eigenvalue weighted by atomic mass is 16.5. The Bertz CT molecular complexity index is 447. The standard InChI is InChI=1S/C16H26N2O3/c1-4-18-15(19)9-10-21-16-13(11-12(3)17)7-6-8-14(16)20-5-2/h6-8,12H,4-5,9-11,17H2,1-3H3,(H,18,19). The molecule has 1 rings (SSSR count). The summed E-state index contributed by atoms with van der Waals surface area (Å²) in [5.41, 5.74) is 6.88. The maximum Gasteiger partial charge on any atom is 0.223 e. The van der Waals surface area contributed by atoms with Crippen molar-refractivity contribution in [1.29, 1.82) is 0 Å². The first-order chi connectivity index (χ1) is 10.1. The summed E-state index contributed by atoms with van der Waals surface area (Å²) in [6, 6.07) is 5.81. The quantitative estimate of drug-likeness (QED) is 0.729. The van der Waals surface area contributed by atoms with Gasteiger partial charge in [-0.25, -0.2) is 0 Å². The van der Waals surface area contributed by atoms with Crippen LogP contribution in [-0.4, -0.2) is 31.7 Å². The van der Waals surface area contributed by atoms with Crippen LogP contribution in [0.2, 0.25) is 0 Å². The molecule has 0 aromatic heterocycles. The van der Waals surface area contributed by atoms with Crippen molar-refractivity contribution < 1.29 is 14.3 Å². The van der Waals surface area contributed by atoms with Crippen LogP contribution in [-0.2, 0) is 11.2 Å². The number of ether oxygens (including phenoxy) is 2. The highest BCUT2D eigenvalue weighted by molar-refractivity contribution is 5.75. The van der Waals surface area contributed by atoms with Crippen molar-refractivity contribution >= 4 is 5.91 Å². The van der Waals surface area contributed by atoms with Crippen molar-refractivity contribution in [2.75, 3.05) is 19.8 Å². The molecule has 1 amide bonds. The fourth-order valence-corrected chi connectivity index (χ4v) is 2.03. The zero-order valence-electron chi connectivity index (χ0n) is 13.1. The molecule has 5 nitrogen and oxygen atoms in total. The molecular formula is C16H26N2O3. The summed E-state index contributed by atoms with van der Waals surface area (Å²) in [5, 5.41) is 2.75. The van der Waals surface area contributed by atoms with Crippen LogP contribution in [0.25, 0.3) is 0 Å². The predicted octanol–water partition coefficient (Wildman–Crippen LogP) is 1.88. The molecule has 0 heterocycles. The van der Waals surface area contributed by atoms with Gasteiger partial charge in [-0.3, -0.25) is 4.79 Å². The van der Waals surface area contributed by atoms with Gasteiger partial charge in [0.05, 0.1) is 19.6 Å². The monoisotopic (exact) mass is 294 g/mol. The third-order valence-electron chi connectivity index (χ3n) is 2.85. The average molecular weight is 294 g/mol. The van der Waals surface area contributed by atoms with Crippen LogP contribution in [0.4, 0.5) is 0 Å². The van der Waals surface area contributed by atoms with Crippen molar-refractivity contribution in [2.45, 2.75) is 39.7 Å².